The Balaban J connectivity index is 1.47. The van der Waals surface area contributed by atoms with E-state index in [1.165, 1.54) is 4.52 Å². The van der Waals surface area contributed by atoms with Gasteiger partial charge in [0.2, 0.25) is 0 Å². The standard InChI is InChI=1S/C33H37BrClN5O4/c1-22-28(35)26-19-27(39(31(43)40(26)37-22)20-23-9-6-5-7-10-23)33(15-16-33)21-38(29(41)24-11-13-25(34)14-12-24)18-8-17-36-30(42)44-32(2,3)4/h5-7,9-14,19H,8,15-18,20-21H2,1-4H3,(H,36,42). The van der Waals surface area contributed by atoms with Crippen molar-refractivity contribution in [2.75, 3.05) is 19.6 Å². The lowest BCUT2D eigenvalue weighted by Crippen LogP contribution is -2.42. The van der Waals surface area contributed by atoms with Crippen LogP contribution in [-0.2, 0) is 16.7 Å². The van der Waals surface area contributed by atoms with Crippen LogP contribution >= 0.6 is 27.5 Å². The van der Waals surface area contributed by atoms with Crippen LogP contribution in [0.4, 0.5) is 4.79 Å². The van der Waals surface area contributed by atoms with Crippen LogP contribution in [0, 0.1) is 6.92 Å². The highest BCUT2D eigenvalue weighted by Crippen LogP contribution is 2.49. The molecule has 11 heteroatoms. The first-order valence-corrected chi connectivity index (χ1v) is 15.9. The van der Waals surface area contributed by atoms with E-state index in [1.54, 1.807) is 23.6 Å². The van der Waals surface area contributed by atoms with Crippen LogP contribution in [0.5, 0.6) is 0 Å². The van der Waals surface area contributed by atoms with Gasteiger partial charge in [0.15, 0.2) is 0 Å². The molecule has 2 aromatic carbocycles. The van der Waals surface area contributed by atoms with Crippen LogP contribution in [0.3, 0.4) is 0 Å². The Bertz CT molecular complexity index is 1720. The minimum atomic E-state index is -0.598. The highest BCUT2D eigenvalue weighted by atomic mass is 79.9. The number of amides is 2. The number of halogens is 2. The number of nitrogens with one attached hydrogen (secondary N) is 1. The number of carbonyl (C=O) groups is 2. The lowest BCUT2D eigenvalue weighted by Gasteiger charge is -2.30. The van der Waals surface area contributed by atoms with Crippen molar-refractivity contribution in [1.82, 2.24) is 24.4 Å². The first-order valence-electron chi connectivity index (χ1n) is 14.7. The van der Waals surface area contributed by atoms with Crippen LogP contribution in [0.15, 0.2) is 69.9 Å². The smallest absolute Gasteiger partial charge is 0.407 e. The maximum absolute atomic E-state index is 13.9. The fourth-order valence-electron chi connectivity index (χ4n) is 5.39. The Hall–Kier alpha value is -3.63. The van der Waals surface area contributed by atoms with Gasteiger partial charge < -0.3 is 15.0 Å². The van der Waals surface area contributed by atoms with Gasteiger partial charge in [0.25, 0.3) is 5.91 Å². The third-order valence-electron chi connectivity index (χ3n) is 7.72. The molecule has 4 aromatic rings. The SMILES string of the molecule is Cc1nn2c(=O)n(Cc3ccccc3)c(C3(CN(CCCNC(=O)OC(C)(C)C)C(=O)c4ccc(Br)cc4)CC3)cc2c1Cl. The molecule has 232 valence electrons. The van der Waals surface area contributed by atoms with Crippen molar-refractivity contribution in [1.29, 1.82) is 0 Å². The van der Waals surface area contributed by atoms with Gasteiger partial charge >= 0.3 is 11.8 Å². The molecule has 1 N–H and O–H groups in total. The molecule has 1 fully saturated rings. The molecule has 0 spiro atoms. The molecule has 1 aliphatic carbocycles. The topological polar surface area (TPSA) is 97.9 Å². The largest absolute Gasteiger partial charge is 0.444 e. The fraction of sp³-hybridized carbons (Fsp3) is 0.394. The summed E-state index contributed by atoms with van der Waals surface area (Å²) in [5, 5.41) is 7.65. The first kappa shape index (κ1) is 31.8. The summed E-state index contributed by atoms with van der Waals surface area (Å²) in [5.41, 5.74) is 2.22. The van der Waals surface area contributed by atoms with Crippen molar-refractivity contribution >= 4 is 45.0 Å². The lowest BCUT2D eigenvalue weighted by molar-refractivity contribution is 0.0525. The van der Waals surface area contributed by atoms with E-state index in [0.717, 1.165) is 28.6 Å². The second kappa shape index (κ2) is 12.8. The number of benzene rings is 2. The van der Waals surface area contributed by atoms with Gasteiger partial charge in [0, 0.05) is 40.8 Å². The summed E-state index contributed by atoms with van der Waals surface area (Å²) in [7, 11) is 0. The number of hydrogen-bond donors (Lipinski definition) is 1. The van der Waals surface area contributed by atoms with E-state index in [1.807, 2.05) is 74.2 Å². The Labute approximate surface area is 270 Å². The molecule has 2 amide bonds. The molecule has 0 aliphatic heterocycles. The summed E-state index contributed by atoms with van der Waals surface area (Å²) < 4.78 is 9.37. The van der Waals surface area contributed by atoms with Gasteiger partial charge in [-0.15, -0.1) is 0 Å². The molecule has 5 rings (SSSR count). The Morgan fingerprint density at radius 3 is 2.43 bits per heavy atom. The number of alkyl carbamates (subject to hydrolysis) is 1. The zero-order valence-corrected chi connectivity index (χ0v) is 27.7. The van der Waals surface area contributed by atoms with Gasteiger partial charge in [-0.2, -0.15) is 9.61 Å². The van der Waals surface area contributed by atoms with Gasteiger partial charge in [-0.05, 0) is 82.9 Å². The van der Waals surface area contributed by atoms with Crippen molar-refractivity contribution in [2.24, 2.45) is 0 Å². The molecule has 0 radical (unpaired) electrons. The molecule has 0 unspecified atom stereocenters. The summed E-state index contributed by atoms with van der Waals surface area (Å²) in [6, 6.07) is 19.1. The maximum atomic E-state index is 13.9. The molecular weight excluding hydrogens is 646 g/mol. The number of carbonyl (C=O) groups excluding carboxylic acids is 2. The predicted octanol–water partition coefficient (Wildman–Crippen LogP) is 6.36. The molecule has 2 heterocycles. The van der Waals surface area contributed by atoms with Crippen molar-refractivity contribution in [2.45, 2.75) is 64.5 Å². The van der Waals surface area contributed by atoms with Crippen LogP contribution in [0.2, 0.25) is 5.02 Å². The predicted molar refractivity (Wildman–Crippen MR) is 175 cm³/mol. The Morgan fingerprint density at radius 1 is 1.11 bits per heavy atom. The second-order valence-electron chi connectivity index (χ2n) is 12.4. The number of fused-ring (bicyclic) bond motifs is 1. The van der Waals surface area contributed by atoms with Crippen molar-refractivity contribution < 1.29 is 14.3 Å². The number of aromatic nitrogens is 3. The third kappa shape index (κ3) is 7.18. The van der Waals surface area contributed by atoms with Gasteiger partial charge in [0.1, 0.15) is 5.60 Å². The van der Waals surface area contributed by atoms with Crippen LogP contribution < -0.4 is 11.0 Å². The number of rotatable bonds is 10. The van der Waals surface area contributed by atoms with Crippen molar-refractivity contribution in [3.8, 4) is 0 Å². The van der Waals surface area contributed by atoms with Gasteiger partial charge in [-0.3, -0.25) is 9.36 Å². The molecule has 2 aromatic heterocycles. The number of nitrogens with zero attached hydrogens (tertiary/aromatic N) is 4. The lowest BCUT2D eigenvalue weighted by atomic mass is 9.98. The fourth-order valence-corrected chi connectivity index (χ4v) is 5.83. The monoisotopic (exact) mass is 681 g/mol. The van der Waals surface area contributed by atoms with E-state index in [-0.39, 0.29) is 11.6 Å². The zero-order chi connectivity index (χ0) is 31.6. The molecular formula is C33H37BrClN5O4. The molecule has 9 nitrogen and oxygen atoms in total. The van der Waals surface area contributed by atoms with Gasteiger partial charge in [0.05, 0.1) is 22.8 Å². The number of aryl methyl sites for hydroxylation is 1. The Kier molecular flexibility index (Phi) is 9.23. The van der Waals surface area contributed by atoms with E-state index in [2.05, 4.69) is 26.3 Å². The van der Waals surface area contributed by atoms with E-state index >= 15 is 0 Å². The summed E-state index contributed by atoms with van der Waals surface area (Å²) in [6.07, 6.45) is 1.65. The normalized spacial score (nSPS) is 14.0. The minimum absolute atomic E-state index is 0.114. The number of ether oxygens (including phenoxy) is 1. The van der Waals surface area contributed by atoms with E-state index < -0.39 is 17.1 Å². The average Bonchev–Trinajstić information content (AvgIpc) is 3.70. The summed E-state index contributed by atoms with van der Waals surface area (Å²) in [4.78, 5) is 41.9. The quantitative estimate of drug-likeness (QED) is 0.197. The van der Waals surface area contributed by atoms with Gasteiger partial charge in [-0.1, -0.05) is 57.9 Å². The first-order chi connectivity index (χ1) is 20.9. The van der Waals surface area contributed by atoms with E-state index in [0.29, 0.717) is 54.4 Å². The van der Waals surface area contributed by atoms with Crippen LogP contribution in [-0.4, -0.2) is 56.3 Å². The minimum Gasteiger partial charge on any atom is -0.444 e. The summed E-state index contributed by atoms with van der Waals surface area (Å²) in [5.74, 6) is -0.114. The van der Waals surface area contributed by atoms with Crippen LogP contribution in [0.25, 0.3) is 5.52 Å². The number of hydrogen-bond acceptors (Lipinski definition) is 5. The third-order valence-corrected chi connectivity index (χ3v) is 8.72. The van der Waals surface area contributed by atoms with Gasteiger partial charge in [-0.25, -0.2) is 9.59 Å². The molecule has 0 bridgehead atoms. The second-order valence-corrected chi connectivity index (χ2v) is 13.7. The molecule has 44 heavy (non-hydrogen) atoms. The molecule has 0 atom stereocenters. The highest BCUT2D eigenvalue weighted by molar-refractivity contribution is 9.10. The Morgan fingerprint density at radius 2 is 1.80 bits per heavy atom. The molecule has 1 aliphatic rings. The highest BCUT2D eigenvalue weighted by Gasteiger charge is 2.49. The van der Waals surface area contributed by atoms with E-state index in [4.69, 9.17) is 16.3 Å². The maximum Gasteiger partial charge on any atom is 0.407 e. The summed E-state index contributed by atoms with van der Waals surface area (Å²) >= 11 is 10.1. The molecule has 1 saturated carbocycles. The van der Waals surface area contributed by atoms with Crippen molar-refractivity contribution in [3.05, 3.63) is 103 Å². The van der Waals surface area contributed by atoms with Crippen molar-refractivity contribution in [3.63, 3.8) is 0 Å². The summed E-state index contributed by atoms with van der Waals surface area (Å²) in [6.45, 7) is 8.75. The zero-order valence-electron chi connectivity index (χ0n) is 25.4. The van der Waals surface area contributed by atoms with Crippen LogP contribution in [0.1, 0.15) is 67.3 Å². The van der Waals surface area contributed by atoms with E-state index in [9.17, 15) is 14.4 Å². The molecule has 0 saturated heterocycles. The average molecular weight is 683 g/mol.